The maximum atomic E-state index is 9.36. The van der Waals surface area contributed by atoms with Crippen molar-refractivity contribution in [2.45, 2.75) is 20.3 Å². The average Bonchev–Trinajstić information content (AvgIpc) is 2.74. The summed E-state index contributed by atoms with van der Waals surface area (Å²) in [6.07, 6.45) is 7.73. The van der Waals surface area contributed by atoms with Gasteiger partial charge in [0, 0.05) is 0 Å². The van der Waals surface area contributed by atoms with Gasteiger partial charge in [0.1, 0.15) is 0 Å². The van der Waals surface area contributed by atoms with Crippen molar-refractivity contribution in [1.82, 2.24) is 0 Å². The predicted octanol–water partition coefficient (Wildman–Crippen LogP) is 1.33. The topological polar surface area (TPSA) is 51.2 Å². The van der Waals surface area contributed by atoms with Crippen LogP contribution in [0.1, 0.15) is 20.3 Å². The first kappa shape index (κ1) is 13.7. The monoisotopic (exact) mass is 247 g/mol. The van der Waals surface area contributed by atoms with Gasteiger partial charge in [-0.25, -0.2) is 0 Å². The molecule has 0 aromatic heterocycles. The van der Waals surface area contributed by atoms with Crippen molar-refractivity contribution in [1.29, 1.82) is 0 Å². The van der Waals surface area contributed by atoms with Gasteiger partial charge in [0.2, 0.25) is 0 Å². The van der Waals surface area contributed by atoms with E-state index in [1.165, 1.54) is 20.8 Å². The molecule has 0 spiro atoms. The van der Waals surface area contributed by atoms with Crippen LogP contribution >= 0.6 is 0 Å². The molecule has 3 nitrogen and oxygen atoms in total. The summed E-state index contributed by atoms with van der Waals surface area (Å²) >= 11 is -2.30. The molecule has 0 saturated carbocycles. The molecular formula is C11H12MnO3. The molecule has 0 aliphatic heterocycles. The van der Waals surface area contributed by atoms with Crippen molar-refractivity contribution >= 4 is 14.4 Å². The van der Waals surface area contributed by atoms with Crippen molar-refractivity contribution in [3.63, 3.8) is 0 Å². The van der Waals surface area contributed by atoms with Crippen molar-refractivity contribution in [2.24, 2.45) is 5.92 Å². The fraction of sp³-hybridized carbons (Fsp3) is 0.364. The van der Waals surface area contributed by atoms with Crippen LogP contribution in [-0.2, 0) is 27.0 Å². The first-order valence-corrected chi connectivity index (χ1v) is 6.11. The number of allylic oxidation sites excluding steroid dienone is 4. The number of rotatable bonds is 1. The molecule has 0 bridgehead atoms. The van der Waals surface area contributed by atoms with Crippen molar-refractivity contribution < 1.29 is 27.0 Å². The van der Waals surface area contributed by atoms with E-state index in [1.54, 1.807) is 5.57 Å². The second-order valence-electron chi connectivity index (χ2n) is 3.04. The SMILES string of the molecule is CC(C)C1=CC=CC1.O=[C]=[Mn](=[C]=O)=[C]=O. The van der Waals surface area contributed by atoms with E-state index in [1.807, 2.05) is 0 Å². The van der Waals surface area contributed by atoms with Crippen LogP contribution < -0.4 is 0 Å². The second-order valence-corrected chi connectivity index (χ2v) is 4.65. The minimum atomic E-state index is -2.30. The summed E-state index contributed by atoms with van der Waals surface area (Å²) in [7, 11) is 0. The molecular weight excluding hydrogens is 235 g/mol. The van der Waals surface area contributed by atoms with Gasteiger partial charge in [-0.3, -0.25) is 0 Å². The molecule has 0 atom stereocenters. The Morgan fingerprint density at radius 1 is 1.20 bits per heavy atom. The molecule has 0 heterocycles. The Balaban J connectivity index is 0.000000265. The van der Waals surface area contributed by atoms with Crippen molar-refractivity contribution in [3.05, 3.63) is 23.8 Å². The Morgan fingerprint density at radius 2 is 1.73 bits per heavy atom. The summed E-state index contributed by atoms with van der Waals surface area (Å²) in [5.74, 6) is 0.741. The standard InChI is InChI=1S/C8H12.3CO.Mn/c1-7(2)8-5-3-4-6-8;3*1-2;/h3-5,7H,6H2,1-2H3;;;;. The van der Waals surface area contributed by atoms with E-state index in [0.29, 0.717) is 0 Å². The van der Waals surface area contributed by atoms with E-state index in [4.69, 9.17) is 0 Å². The molecule has 0 saturated heterocycles. The third-order valence-corrected chi connectivity index (χ3v) is 2.50. The van der Waals surface area contributed by atoms with Gasteiger partial charge in [-0.1, -0.05) is 37.6 Å². The molecule has 0 amide bonds. The van der Waals surface area contributed by atoms with Gasteiger partial charge in [-0.05, 0) is 12.3 Å². The van der Waals surface area contributed by atoms with E-state index in [-0.39, 0.29) is 0 Å². The molecule has 15 heavy (non-hydrogen) atoms. The molecule has 1 rings (SSSR count). The van der Waals surface area contributed by atoms with Gasteiger partial charge in [0.05, 0.1) is 0 Å². The molecule has 0 radical (unpaired) electrons. The van der Waals surface area contributed by atoms with Crippen molar-refractivity contribution in [3.8, 4) is 0 Å². The Bertz CT molecular complexity index is 430. The van der Waals surface area contributed by atoms with Crippen LogP contribution in [0, 0.1) is 5.92 Å². The molecule has 4 heteroatoms. The third kappa shape index (κ3) is 5.93. The Morgan fingerprint density at radius 3 is 1.87 bits per heavy atom. The number of carbonyl (C=O) groups excluding carboxylic acids is 3. The zero-order chi connectivity index (χ0) is 11.7. The van der Waals surface area contributed by atoms with Crippen LogP contribution in [0.5, 0.6) is 0 Å². The fourth-order valence-electron chi connectivity index (χ4n) is 0.939. The summed E-state index contributed by atoms with van der Waals surface area (Å²) in [5.41, 5.74) is 1.56. The van der Waals surface area contributed by atoms with Gasteiger partial charge in [-0.2, -0.15) is 0 Å². The molecule has 0 N–H and O–H groups in total. The van der Waals surface area contributed by atoms with Crippen LogP contribution in [0.2, 0.25) is 0 Å². The molecule has 0 aromatic rings. The van der Waals surface area contributed by atoms with Gasteiger partial charge < -0.3 is 0 Å². The predicted molar refractivity (Wildman–Crippen MR) is 53.8 cm³/mol. The van der Waals surface area contributed by atoms with Gasteiger partial charge in [-0.15, -0.1) is 0 Å². The molecule has 1 aliphatic rings. The Kier molecular flexibility index (Phi) is 7.40. The van der Waals surface area contributed by atoms with E-state index in [0.717, 1.165) is 5.92 Å². The molecule has 81 valence electrons. The van der Waals surface area contributed by atoms with E-state index in [9.17, 15) is 14.4 Å². The van der Waals surface area contributed by atoms with E-state index >= 15 is 0 Å². The van der Waals surface area contributed by atoms with Gasteiger partial charge in [0.15, 0.2) is 0 Å². The summed E-state index contributed by atoms with van der Waals surface area (Å²) in [5, 5.41) is 0. The Hall–Kier alpha value is -1.26. The molecule has 1 aliphatic carbocycles. The number of hydrogen-bond acceptors (Lipinski definition) is 3. The zero-order valence-electron chi connectivity index (χ0n) is 8.62. The van der Waals surface area contributed by atoms with E-state index in [2.05, 4.69) is 32.1 Å². The fourth-order valence-corrected chi connectivity index (χ4v) is 1.09. The molecule has 0 unspecified atom stereocenters. The Labute approximate surface area is 91.6 Å². The third-order valence-electron chi connectivity index (χ3n) is 1.77. The first-order chi connectivity index (χ1) is 7.15. The van der Waals surface area contributed by atoms with Crippen LogP contribution in [0.25, 0.3) is 0 Å². The molecule has 0 aromatic carbocycles. The maximum absolute atomic E-state index is 9.36. The summed E-state index contributed by atoms with van der Waals surface area (Å²) in [6, 6.07) is 0. The quantitative estimate of drug-likeness (QED) is 0.657. The first-order valence-electron chi connectivity index (χ1n) is 4.34. The average molecular weight is 247 g/mol. The summed E-state index contributed by atoms with van der Waals surface area (Å²) < 4.78 is 0. The summed E-state index contributed by atoms with van der Waals surface area (Å²) in [6.45, 7) is 4.47. The van der Waals surface area contributed by atoms with Crippen LogP contribution in [0.15, 0.2) is 23.8 Å². The molecule has 0 fully saturated rings. The van der Waals surface area contributed by atoms with Crippen LogP contribution in [0.4, 0.5) is 0 Å². The van der Waals surface area contributed by atoms with Gasteiger partial charge >= 0.3 is 41.3 Å². The normalized spacial score (nSPS) is 11.8. The van der Waals surface area contributed by atoms with Crippen molar-refractivity contribution in [2.75, 3.05) is 0 Å². The van der Waals surface area contributed by atoms with Gasteiger partial charge in [0.25, 0.3) is 0 Å². The van der Waals surface area contributed by atoms with Crippen LogP contribution in [0.3, 0.4) is 0 Å². The van der Waals surface area contributed by atoms with E-state index < -0.39 is 12.6 Å². The zero-order valence-corrected chi connectivity index (χ0v) is 9.80. The van der Waals surface area contributed by atoms with Crippen LogP contribution in [-0.4, -0.2) is 14.4 Å². The summed E-state index contributed by atoms with van der Waals surface area (Å²) in [4.78, 5) is 31.7. The second kappa shape index (κ2) is 8.08. The minimum absolute atomic E-state index is 0.741. The number of hydrogen-bond donors (Lipinski definition) is 0.